The van der Waals surface area contributed by atoms with Crippen LogP contribution in [0.25, 0.3) is 11.4 Å². The third kappa shape index (κ3) is 3.75. The maximum absolute atomic E-state index is 12.4. The van der Waals surface area contributed by atoms with Crippen molar-refractivity contribution in [2.24, 2.45) is 7.05 Å². The second kappa shape index (κ2) is 7.65. The Balaban J connectivity index is 1.67. The van der Waals surface area contributed by atoms with Crippen LogP contribution in [0.1, 0.15) is 12.7 Å². The van der Waals surface area contributed by atoms with Gasteiger partial charge < -0.3 is 19.0 Å². The fraction of sp³-hybridized carbons (Fsp3) is 0.278. The highest BCUT2D eigenvalue weighted by Crippen LogP contribution is 2.28. The van der Waals surface area contributed by atoms with Crippen LogP contribution in [0.5, 0.6) is 5.75 Å². The Morgan fingerprint density at radius 3 is 2.62 bits per heavy atom. The summed E-state index contributed by atoms with van der Waals surface area (Å²) in [4.78, 5) is 12.4. The summed E-state index contributed by atoms with van der Waals surface area (Å²) in [7, 11) is 3.48. The molecule has 0 radical (unpaired) electrons. The average molecular weight is 372 g/mol. The normalized spacial score (nSPS) is 12.0. The zero-order chi connectivity index (χ0) is 18.7. The SMILES string of the molecule is COc1ccc(NC(=O)[C@@H](C)Sc2nnc(-c3ccoc3C)n2C)cc1. The lowest BCUT2D eigenvalue weighted by atomic mass is 10.2. The lowest BCUT2D eigenvalue weighted by Crippen LogP contribution is -2.22. The maximum atomic E-state index is 12.4. The first-order chi connectivity index (χ1) is 12.5. The minimum Gasteiger partial charge on any atom is -0.497 e. The van der Waals surface area contributed by atoms with Crippen LogP contribution >= 0.6 is 11.8 Å². The Labute approximate surface area is 155 Å². The number of thioether (sulfide) groups is 1. The standard InChI is InChI=1S/C18H20N4O3S/c1-11-15(9-10-25-11)16-20-21-18(22(16)3)26-12(2)17(23)19-13-5-7-14(24-4)8-6-13/h5-10,12H,1-4H3,(H,19,23)/t12-/m1/s1. The van der Waals surface area contributed by atoms with E-state index in [-0.39, 0.29) is 11.2 Å². The highest BCUT2D eigenvalue weighted by atomic mass is 32.2. The minimum absolute atomic E-state index is 0.107. The molecule has 0 fully saturated rings. The van der Waals surface area contributed by atoms with E-state index in [1.165, 1.54) is 11.8 Å². The highest BCUT2D eigenvalue weighted by molar-refractivity contribution is 8.00. The van der Waals surface area contributed by atoms with Gasteiger partial charge in [-0.25, -0.2) is 0 Å². The van der Waals surface area contributed by atoms with Crippen molar-refractivity contribution in [3.8, 4) is 17.1 Å². The summed E-state index contributed by atoms with van der Waals surface area (Å²) in [6.07, 6.45) is 1.62. The number of carbonyl (C=O) groups is 1. The van der Waals surface area contributed by atoms with Gasteiger partial charge in [-0.05, 0) is 44.2 Å². The van der Waals surface area contributed by atoms with Gasteiger partial charge in [0.15, 0.2) is 11.0 Å². The maximum Gasteiger partial charge on any atom is 0.237 e. The molecule has 1 atom stereocenters. The molecular weight excluding hydrogens is 352 g/mol. The van der Waals surface area contributed by atoms with Crippen LogP contribution in [0.4, 0.5) is 5.69 Å². The second-order valence-electron chi connectivity index (χ2n) is 5.73. The van der Waals surface area contributed by atoms with Gasteiger partial charge in [0.25, 0.3) is 0 Å². The number of nitrogens with one attached hydrogen (secondary N) is 1. The summed E-state index contributed by atoms with van der Waals surface area (Å²) < 4.78 is 12.3. The Hall–Kier alpha value is -2.74. The summed E-state index contributed by atoms with van der Waals surface area (Å²) in [5.41, 5.74) is 1.61. The number of nitrogens with zero attached hydrogens (tertiary/aromatic N) is 3. The van der Waals surface area contributed by atoms with Crippen molar-refractivity contribution < 1.29 is 13.9 Å². The van der Waals surface area contributed by atoms with Crippen LogP contribution in [0.15, 0.2) is 46.2 Å². The molecule has 2 aromatic heterocycles. The lowest BCUT2D eigenvalue weighted by molar-refractivity contribution is -0.115. The van der Waals surface area contributed by atoms with Crippen LogP contribution < -0.4 is 10.1 Å². The summed E-state index contributed by atoms with van der Waals surface area (Å²) in [5.74, 6) is 2.12. The molecule has 3 rings (SSSR count). The van der Waals surface area contributed by atoms with E-state index >= 15 is 0 Å². The van der Waals surface area contributed by atoms with Crippen molar-refractivity contribution in [2.75, 3.05) is 12.4 Å². The largest absolute Gasteiger partial charge is 0.497 e. The van der Waals surface area contributed by atoms with Crippen molar-refractivity contribution in [1.29, 1.82) is 0 Å². The lowest BCUT2D eigenvalue weighted by Gasteiger charge is -2.12. The molecule has 2 heterocycles. The van der Waals surface area contributed by atoms with Gasteiger partial charge in [-0.15, -0.1) is 10.2 Å². The number of carbonyl (C=O) groups excluding carboxylic acids is 1. The molecule has 0 unspecified atom stereocenters. The van der Waals surface area contributed by atoms with Crippen molar-refractivity contribution in [1.82, 2.24) is 14.8 Å². The van der Waals surface area contributed by atoms with Crippen LogP contribution in [0.3, 0.4) is 0 Å². The topological polar surface area (TPSA) is 82.2 Å². The van der Waals surface area contributed by atoms with E-state index in [4.69, 9.17) is 9.15 Å². The molecule has 1 aromatic carbocycles. The Kier molecular flexibility index (Phi) is 5.32. The fourth-order valence-corrected chi connectivity index (χ4v) is 3.21. The highest BCUT2D eigenvalue weighted by Gasteiger charge is 2.20. The van der Waals surface area contributed by atoms with Gasteiger partial charge in [0.2, 0.25) is 5.91 Å². The third-order valence-corrected chi connectivity index (χ3v) is 5.08. The molecule has 3 aromatic rings. The van der Waals surface area contributed by atoms with E-state index in [2.05, 4.69) is 15.5 Å². The van der Waals surface area contributed by atoms with Crippen LogP contribution in [0, 0.1) is 6.92 Å². The second-order valence-corrected chi connectivity index (χ2v) is 7.04. The van der Waals surface area contributed by atoms with Crippen molar-refractivity contribution in [2.45, 2.75) is 24.3 Å². The summed E-state index contributed by atoms with van der Waals surface area (Å²) >= 11 is 1.35. The first-order valence-corrected chi connectivity index (χ1v) is 8.93. The van der Waals surface area contributed by atoms with E-state index in [1.807, 2.05) is 31.5 Å². The first-order valence-electron chi connectivity index (χ1n) is 8.05. The van der Waals surface area contributed by atoms with Gasteiger partial charge in [-0.1, -0.05) is 11.8 Å². The van der Waals surface area contributed by atoms with Crippen LogP contribution in [-0.4, -0.2) is 33.0 Å². The number of amides is 1. The van der Waals surface area contributed by atoms with Gasteiger partial charge in [0.05, 0.1) is 24.2 Å². The number of rotatable bonds is 6. The number of benzene rings is 1. The van der Waals surface area contributed by atoms with E-state index in [0.29, 0.717) is 11.0 Å². The molecule has 1 N–H and O–H groups in total. The molecule has 0 bridgehead atoms. The van der Waals surface area contributed by atoms with Crippen molar-refractivity contribution >= 4 is 23.4 Å². The molecule has 0 saturated carbocycles. The smallest absolute Gasteiger partial charge is 0.237 e. The monoisotopic (exact) mass is 372 g/mol. The van der Waals surface area contributed by atoms with Gasteiger partial charge >= 0.3 is 0 Å². The number of ether oxygens (including phenoxy) is 1. The Bertz CT molecular complexity index is 902. The number of furan rings is 1. The Morgan fingerprint density at radius 1 is 1.27 bits per heavy atom. The van der Waals surface area contributed by atoms with Gasteiger partial charge in [-0.3, -0.25) is 4.79 Å². The van der Waals surface area contributed by atoms with Crippen LogP contribution in [-0.2, 0) is 11.8 Å². The molecule has 8 heteroatoms. The molecule has 0 aliphatic carbocycles. The van der Waals surface area contributed by atoms with Gasteiger partial charge in [-0.2, -0.15) is 0 Å². The number of methoxy groups -OCH3 is 1. The number of hydrogen-bond donors (Lipinski definition) is 1. The minimum atomic E-state index is -0.335. The van der Waals surface area contributed by atoms with Crippen molar-refractivity contribution in [3.05, 3.63) is 42.4 Å². The molecule has 7 nitrogen and oxygen atoms in total. The number of hydrogen-bond acceptors (Lipinski definition) is 6. The molecule has 0 aliphatic rings. The molecule has 1 amide bonds. The first kappa shape index (κ1) is 18.1. The van der Waals surface area contributed by atoms with Gasteiger partial charge in [0, 0.05) is 12.7 Å². The van der Waals surface area contributed by atoms with Crippen molar-refractivity contribution in [3.63, 3.8) is 0 Å². The summed E-state index contributed by atoms with van der Waals surface area (Å²) in [6.45, 7) is 3.71. The zero-order valence-corrected chi connectivity index (χ0v) is 15.8. The number of aromatic nitrogens is 3. The molecule has 136 valence electrons. The zero-order valence-electron chi connectivity index (χ0n) is 15.0. The summed E-state index contributed by atoms with van der Waals surface area (Å²) in [6, 6.07) is 9.06. The molecule has 0 saturated heterocycles. The predicted octanol–water partition coefficient (Wildman–Crippen LogP) is 3.51. The number of aryl methyl sites for hydroxylation is 1. The van der Waals surface area contributed by atoms with E-state index in [9.17, 15) is 4.79 Å². The van der Waals surface area contributed by atoms with E-state index in [0.717, 1.165) is 22.8 Å². The fourth-order valence-electron chi connectivity index (χ4n) is 2.40. The number of anilines is 1. The van der Waals surface area contributed by atoms with Gasteiger partial charge in [0.1, 0.15) is 11.5 Å². The summed E-state index contributed by atoms with van der Waals surface area (Å²) in [5, 5.41) is 11.6. The molecule has 0 aliphatic heterocycles. The Morgan fingerprint density at radius 2 is 2.00 bits per heavy atom. The predicted molar refractivity (Wildman–Crippen MR) is 100 cm³/mol. The quantitative estimate of drug-likeness (QED) is 0.667. The van der Waals surface area contributed by atoms with E-state index in [1.54, 1.807) is 37.6 Å². The molecular formula is C18H20N4O3S. The molecule has 26 heavy (non-hydrogen) atoms. The van der Waals surface area contributed by atoms with E-state index < -0.39 is 0 Å². The third-order valence-electron chi connectivity index (χ3n) is 3.94. The van der Waals surface area contributed by atoms with Crippen LogP contribution in [0.2, 0.25) is 0 Å². The average Bonchev–Trinajstić information content (AvgIpc) is 3.21. The molecule has 0 spiro atoms.